The number of aliphatic hydroxyl groups excluding tert-OH is 3. The van der Waals surface area contributed by atoms with Gasteiger partial charge in [0, 0.05) is 56.4 Å². The van der Waals surface area contributed by atoms with Gasteiger partial charge in [0.1, 0.15) is 32.5 Å². The molecular weight excluding hydrogens is 1350 g/mol. The predicted octanol–water partition coefficient (Wildman–Crippen LogP) is 18.8. The molecule has 0 bridgehead atoms. The van der Waals surface area contributed by atoms with Crippen molar-refractivity contribution in [3.8, 4) is 0 Å². The zero-order chi connectivity index (χ0) is 76.2. The fourth-order valence-electron chi connectivity index (χ4n) is 9.30. The molecule has 0 aliphatic rings. The van der Waals surface area contributed by atoms with Crippen LogP contribution < -0.4 is 0 Å². The maximum absolute atomic E-state index is 11.8. The molecule has 0 rings (SSSR count). The van der Waals surface area contributed by atoms with E-state index < -0.39 is 47.5 Å². The van der Waals surface area contributed by atoms with Crippen LogP contribution in [0.1, 0.15) is 356 Å². The molecule has 0 aromatic rings. The summed E-state index contributed by atoms with van der Waals surface area (Å²) >= 11 is 14.8. The number of Topliss-reactive ketones (excluding diaryl/α,β-unsaturated/α-hetero) is 2. The molecule has 0 aromatic carbocycles. The molecule has 23 heteroatoms. The molecule has 0 aromatic heterocycles. The molecule has 0 saturated heterocycles. The maximum atomic E-state index is 11.8. The minimum Gasteiger partial charge on any atom is -0.478 e. The number of hydrogen-bond acceptors (Lipinski definition) is 18. The number of ketones is 2. The molecule has 20 nitrogen and oxygen atoms in total. The highest BCUT2D eigenvalue weighted by Crippen LogP contribution is 2.16. The number of aliphatic hydroxyl groups is 3. The van der Waals surface area contributed by atoms with Crippen molar-refractivity contribution in [3.05, 3.63) is 24.3 Å². The smallest absolute Gasteiger partial charge is 0.328 e. The van der Waals surface area contributed by atoms with Gasteiger partial charge < -0.3 is 44.5 Å². The van der Waals surface area contributed by atoms with Crippen LogP contribution in [0.4, 0.5) is 0 Å². The van der Waals surface area contributed by atoms with Crippen LogP contribution in [-0.2, 0) is 71.7 Å². The van der Waals surface area contributed by atoms with E-state index >= 15 is 0 Å². The van der Waals surface area contributed by atoms with Crippen LogP contribution in [0, 0.1) is 0 Å². The number of carbonyl (C=O) groups excluding carboxylic acids is 9. The summed E-state index contributed by atoms with van der Waals surface area (Å²) in [7, 11) is 0. The fourth-order valence-corrected chi connectivity index (χ4v) is 9.56. The third-order valence-corrected chi connectivity index (χ3v) is 15.6. The summed E-state index contributed by atoms with van der Waals surface area (Å²) in [4.78, 5) is 118. The summed E-state index contributed by atoms with van der Waals surface area (Å²) in [6, 6.07) is 0. The van der Waals surface area contributed by atoms with E-state index in [1.54, 1.807) is 0 Å². The third-order valence-electron chi connectivity index (χ3n) is 15.1. The predicted molar refractivity (Wildman–Crippen MR) is 399 cm³/mol. The van der Waals surface area contributed by atoms with Crippen LogP contribution in [0.15, 0.2) is 24.3 Å². The minimum absolute atomic E-state index is 0.110. The average molecular weight is 1490 g/mol. The van der Waals surface area contributed by atoms with Crippen molar-refractivity contribution < 1.29 is 97.2 Å². The number of aliphatic carboxylic acids is 2. The number of unbranched alkanes of at least 4 members (excludes halogenated alkanes) is 40. The van der Waals surface area contributed by atoms with Gasteiger partial charge in [-0.05, 0) is 66.9 Å². The van der Waals surface area contributed by atoms with Gasteiger partial charge in [0.25, 0.3) is 0 Å². The second kappa shape index (κ2) is 90.5. The van der Waals surface area contributed by atoms with Crippen LogP contribution in [0.3, 0.4) is 0 Å². The Kier molecular flexibility index (Phi) is 96.2. The number of ether oxygens (including phenoxy) is 4. The number of carboxylic acids is 2. The molecule has 100 heavy (non-hydrogen) atoms. The first-order valence-corrected chi connectivity index (χ1v) is 39.1. The zero-order valence-electron chi connectivity index (χ0n) is 62.5. The highest BCUT2D eigenvalue weighted by atomic mass is 35.5. The quantitative estimate of drug-likeness (QED) is 0.0124. The first-order valence-electron chi connectivity index (χ1n) is 38.0. The molecule has 586 valence electrons. The number of rotatable bonds is 64. The van der Waals surface area contributed by atoms with Gasteiger partial charge in [-0.15, -0.1) is 0 Å². The normalized spacial score (nSPS) is 10.5. The average Bonchev–Trinajstić information content (AvgIpc) is 1.61. The van der Waals surface area contributed by atoms with Crippen molar-refractivity contribution in [2.75, 3.05) is 39.6 Å². The van der Waals surface area contributed by atoms with Crippen molar-refractivity contribution in [2.45, 2.75) is 362 Å². The van der Waals surface area contributed by atoms with Crippen LogP contribution in [0.5, 0.6) is 0 Å². The number of halogens is 3. The summed E-state index contributed by atoms with van der Waals surface area (Å²) < 4.78 is 20.2. The van der Waals surface area contributed by atoms with Gasteiger partial charge in [0.05, 0.1) is 0 Å². The molecule has 0 fully saturated rings. The number of hydrogen-bond donors (Lipinski definition) is 5. The van der Waals surface area contributed by atoms with Gasteiger partial charge >= 0.3 is 35.8 Å². The monoisotopic (exact) mass is 1490 g/mol. The van der Waals surface area contributed by atoms with Crippen molar-refractivity contribution in [1.82, 2.24) is 0 Å². The lowest BCUT2D eigenvalue weighted by Crippen LogP contribution is -2.25. The summed E-state index contributed by atoms with van der Waals surface area (Å²) in [6.07, 6.45) is 58.5. The van der Waals surface area contributed by atoms with E-state index in [4.69, 9.17) is 74.2 Å². The first kappa shape index (κ1) is 106. The largest absolute Gasteiger partial charge is 0.478 e. The SMILES string of the molecule is CCCCCCCCCCCC(=O)Cl.CCCCCCCCCCCC(=O)OCC(=O)COC(=O)CCCCCCCCCCC.CCCCCCCCCCCC(=O)OCC(O)COC(=O)CCCCCCCCCCC.O=C(CO)CO.O=C(Cl)/C=C/C(=O)Cl.O=C(O)/C=C/C(=O)O. The molecule has 0 spiro atoms. The van der Waals surface area contributed by atoms with Crippen molar-refractivity contribution >= 4 is 97.9 Å². The molecule has 0 amide bonds. The van der Waals surface area contributed by atoms with Crippen LogP contribution in [0.25, 0.3) is 0 Å². The van der Waals surface area contributed by atoms with Crippen LogP contribution in [-0.4, -0.2) is 134 Å². The summed E-state index contributed by atoms with van der Waals surface area (Å²) in [5.41, 5.74) is 0. The van der Waals surface area contributed by atoms with Gasteiger partial charge in [0.2, 0.25) is 21.5 Å². The highest BCUT2D eigenvalue weighted by Gasteiger charge is 2.14. The van der Waals surface area contributed by atoms with Crippen LogP contribution in [0.2, 0.25) is 0 Å². The van der Waals surface area contributed by atoms with Gasteiger partial charge in [-0.2, -0.15) is 0 Å². The number of esters is 4. The van der Waals surface area contributed by atoms with Gasteiger partial charge in [-0.25, -0.2) is 9.59 Å². The maximum Gasteiger partial charge on any atom is 0.328 e. The molecule has 0 heterocycles. The van der Waals surface area contributed by atoms with Gasteiger partial charge in [-0.1, -0.05) is 291 Å². The van der Waals surface area contributed by atoms with E-state index in [0.717, 1.165) is 102 Å². The molecule has 0 atom stereocenters. The molecular formula is C77H137Cl3O20. The Bertz CT molecular complexity index is 1870. The van der Waals surface area contributed by atoms with E-state index in [2.05, 4.69) is 34.6 Å². The third kappa shape index (κ3) is 112. The van der Waals surface area contributed by atoms with Crippen LogP contribution >= 0.6 is 34.8 Å². The molecule has 5 N–H and O–H groups in total. The molecule has 0 aliphatic carbocycles. The highest BCUT2D eigenvalue weighted by molar-refractivity contribution is 6.69. The lowest BCUT2D eigenvalue weighted by atomic mass is 10.1. The Morgan fingerprint density at radius 3 is 0.670 bits per heavy atom. The lowest BCUT2D eigenvalue weighted by molar-refractivity contribution is -0.153. The fraction of sp³-hybridized carbons (Fsp3) is 0.805. The topological polar surface area (TPSA) is 326 Å². The van der Waals surface area contributed by atoms with E-state index in [0.29, 0.717) is 44.3 Å². The van der Waals surface area contributed by atoms with E-state index in [9.17, 15) is 57.8 Å². The Hall–Kier alpha value is -4.60. The first-order chi connectivity index (χ1) is 48.0. The second-order valence-corrected chi connectivity index (χ2v) is 26.1. The minimum atomic E-state index is -1.26. The van der Waals surface area contributed by atoms with Crippen molar-refractivity contribution in [2.24, 2.45) is 0 Å². The number of carboxylic acid groups (broad SMARTS) is 2. The van der Waals surface area contributed by atoms with E-state index in [1.807, 2.05) is 0 Å². The molecule has 0 radical (unpaired) electrons. The second-order valence-electron chi connectivity index (χ2n) is 24.9. The Morgan fingerprint density at radius 2 is 0.490 bits per heavy atom. The summed E-state index contributed by atoms with van der Waals surface area (Å²) in [6.45, 7) is 9.19. The molecule has 0 saturated carbocycles. The summed E-state index contributed by atoms with van der Waals surface area (Å²) in [5, 5.41) is 39.5. The van der Waals surface area contributed by atoms with E-state index in [-0.39, 0.29) is 61.3 Å². The molecule has 0 unspecified atom stereocenters. The Morgan fingerprint density at radius 1 is 0.290 bits per heavy atom. The van der Waals surface area contributed by atoms with Gasteiger partial charge in [0.15, 0.2) is 19.0 Å². The summed E-state index contributed by atoms with van der Waals surface area (Å²) in [5.74, 6) is -4.69. The van der Waals surface area contributed by atoms with E-state index in [1.165, 1.54) is 199 Å². The standard InChI is InChI=1S/C27H52O5.C27H50O5.C12H23ClO.C4H2Cl2O2.C4H4O4.C3H6O3/c2*1-3-5-7-9-11-13-15-17-19-21-26(29)31-23-25(28)24-32-27(30)22-20-18-16-14-12-10-8-6-4-2;1-2-3-4-5-6-7-8-9-10-11-12(13)14;5-3(7)1-2-4(6)8;5-3(6)1-2-4(7)8;4-1-3(6)2-5/h25,28H,3-24H2,1-2H3;3-24H2,1-2H3;2-11H2,1H3;1-2H;1-2H,(H,5,6)(H,7,8);4-5H,1-2H2/b;;;2*2-1+;. The Balaban J connectivity index is -0.000000298. The number of allylic oxidation sites excluding steroid dienone is 2. The lowest BCUT2D eigenvalue weighted by Gasteiger charge is -2.12. The zero-order valence-corrected chi connectivity index (χ0v) is 64.7. The number of carbonyl (C=O) groups is 11. The van der Waals surface area contributed by atoms with Gasteiger partial charge in [-0.3, -0.25) is 43.2 Å². The van der Waals surface area contributed by atoms with Crippen molar-refractivity contribution in [3.63, 3.8) is 0 Å². The molecule has 0 aliphatic heterocycles. The van der Waals surface area contributed by atoms with Crippen molar-refractivity contribution in [1.29, 1.82) is 0 Å². The Labute approximate surface area is 617 Å².